The van der Waals surface area contributed by atoms with Gasteiger partial charge in [-0.05, 0) is 0 Å². The van der Waals surface area contributed by atoms with Crippen molar-refractivity contribution in [1.82, 2.24) is 0 Å². The van der Waals surface area contributed by atoms with Gasteiger partial charge >= 0.3 is 57.8 Å². The Labute approximate surface area is 57.1 Å². The van der Waals surface area contributed by atoms with Gasteiger partial charge < -0.3 is 0 Å². The second-order valence-electron chi connectivity index (χ2n) is 0.250. The van der Waals surface area contributed by atoms with Crippen molar-refractivity contribution in [3.05, 3.63) is 0 Å². The number of hydrogen-bond donors (Lipinski definition) is 0. The second-order valence-corrected chi connectivity index (χ2v) is 7.10. The predicted molar refractivity (Wildman–Crippen MR) is 24.1 cm³/mol. The van der Waals surface area contributed by atoms with E-state index >= 15 is 0 Å². The molecule has 0 unspecified atom stereocenters. The Morgan fingerprint density at radius 2 is 1.50 bits per heavy atom. The van der Waals surface area contributed by atoms with E-state index in [9.17, 15) is 0 Å². The normalized spacial score (nSPS) is 6.00. The molecule has 0 bridgehead atoms. The monoisotopic (exact) mass is 304 g/mol. The molecule has 0 nitrogen and oxygen atoms in total. The molecule has 0 aliphatic carbocycles. The van der Waals surface area contributed by atoms with Crippen molar-refractivity contribution in [2.75, 3.05) is 0 Å². The standard InChI is InChI=1S/CSTe2/c2-1(3)4. The van der Waals surface area contributed by atoms with E-state index < -0.39 is 0 Å². The summed E-state index contributed by atoms with van der Waals surface area (Å²) in [4.78, 5) is 0. The van der Waals surface area contributed by atoms with Crippen LogP contribution in [0.3, 0.4) is 0 Å². The van der Waals surface area contributed by atoms with Crippen LogP contribution in [-0.4, -0.2) is 45.6 Å². The molecule has 2 radical (unpaired) electrons. The Morgan fingerprint density at radius 3 is 1.50 bits per heavy atom. The molecule has 0 saturated heterocycles. The fourth-order valence-electron chi connectivity index (χ4n) is 0. The molecule has 0 fully saturated rings. The first-order chi connectivity index (χ1) is 1.73. The van der Waals surface area contributed by atoms with E-state index in [1.807, 2.05) is 44.6 Å². The molecular weight excluding hydrogens is 299 g/mol. The van der Waals surface area contributed by atoms with Gasteiger partial charge in [-0.2, -0.15) is 0 Å². The summed E-state index contributed by atoms with van der Waals surface area (Å²) in [5, 5.41) is 0. The van der Waals surface area contributed by atoms with E-state index in [4.69, 9.17) is 0 Å². The maximum absolute atomic E-state index is 4.55. The van der Waals surface area contributed by atoms with E-state index in [0.29, 0.717) is 0 Å². The fourth-order valence-corrected chi connectivity index (χ4v) is 0. The third-order valence-corrected chi connectivity index (χ3v) is 0. The molecule has 0 rings (SSSR count). The molecule has 0 aliphatic heterocycles. The molecule has 0 aromatic heterocycles. The molecule has 0 N–H and O–H groups in total. The number of hydrogen-bond acceptors (Lipinski definition) is 1. The zero-order valence-electron chi connectivity index (χ0n) is 1.72. The summed E-state index contributed by atoms with van der Waals surface area (Å²) in [6, 6.07) is 0. The van der Waals surface area contributed by atoms with Gasteiger partial charge in [0.1, 0.15) is 0 Å². The van der Waals surface area contributed by atoms with Crippen molar-refractivity contribution >= 4 is 57.8 Å². The molecule has 0 saturated carbocycles. The molecule has 0 aromatic rings. The molecule has 4 heavy (non-hydrogen) atoms. The van der Waals surface area contributed by atoms with Crippen LogP contribution in [0, 0.1) is 0 Å². The Kier molecular flexibility index (Phi) is 4.09. The molecule has 3 heteroatoms. The van der Waals surface area contributed by atoms with Crippen molar-refractivity contribution in [3.63, 3.8) is 0 Å². The molecule has 0 atom stereocenters. The van der Waals surface area contributed by atoms with Crippen molar-refractivity contribution in [3.8, 4) is 0 Å². The van der Waals surface area contributed by atoms with E-state index in [2.05, 4.69) is 12.2 Å². The first-order valence-electron chi connectivity index (χ1n) is 0.612. The summed E-state index contributed by atoms with van der Waals surface area (Å²) in [5.74, 6) is 0. The Balaban J connectivity index is 2.80. The van der Waals surface area contributed by atoms with Crippen molar-refractivity contribution < 1.29 is 0 Å². The quantitative estimate of drug-likeness (QED) is 0.434. The van der Waals surface area contributed by atoms with Crippen LogP contribution in [-0.2, 0) is 0 Å². The summed E-state index contributed by atoms with van der Waals surface area (Å²) in [6.45, 7) is 0. The van der Waals surface area contributed by atoms with Gasteiger partial charge in [0.05, 0.1) is 0 Å². The van der Waals surface area contributed by atoms with Crippen LogP contribution in [0.2, 0.25) is 0 Å². The zero-order chi connectivity index (χ0) is 3.58. The van der Waals surface area contributed by atoms with Crippen LogP contribution < -0.4 is 0 Å². The van der Waals surface area contributed by atoms with Crippen LogP contribution in [0.5, 0.6) is 0 Å². The minimum atomic E-state index is 1.02. The molecule has 0 aliphatic rings. The van der Waals surface area contributed by atoms with Gasteiger partial charge in [-0.1, -0.05) is 0 Å². The van der Waals surface area contributed by atoms with Gasteiger partial charge in [0.2, 0.25) is 0 Å². The first kappa shape index (κ1) is 5.67. The van der Waals surface area contributed by atoms with E-state index in [0.717, 1.165) is 0.960 Å². The summed E-state index contributed by atoms with van der Waals surface area (Å²) < 4.78 is 1.02. The Morgan fingerprint density at radius 1 is 1.50 bits per heavy atom. The maximum atomic E-state index is 4.55. The summed E-state index contributed by atoms with van der Waals surface area (Å²) >= 11 is 8.23. The molecule has 0 spiro atoms. The fraction of sp³-hybridized carbons (Fsp3) is 0. The van der Waals surface area contributed by atoms with Gasteiger partial charge in [-0.3, -0.25) is 0 Å². The van der Waals surface area contributed by atoms with E-state index in [1.54, 1.807) is 0 Å². The van der Waals surface area contributed by atoms with Crippen LogP contribution in [0.15, 0.2) is 0 Å². The van der Waals surface area contributed by atoms with E-state index in [1.165, 1.54) is 0 Å². The van der Waals surface area contributed by atoms with Gasteiger partial charge in [0.25, 0.3) is 0 Å². The summed E-state index contributed by atoms with van der Waals surface area (Å²) in [7, 11) is 0. The van der Waals surface area contributed by atoms with Gasteiger partial charge in [-0.25, -0.2) is 0 Å². The third kappa shape index (κ3) is 9.38. The SMILES string of the molecule is S=C([Te])[Te]. The minimum absolute atomic E-state index is 1.02. The number of thiocarbonyl (C=S) groups is 1. The average molecular weight is 299 g/mol. The van der Waals surface area contributed by atoms with Crippen LogP contribution >= 0.6 is 12.2 Å². The Hall–Kier alpha value is 1.67. The number of rotatable bonds is 0. The van der Waals surface area contributed by atoms with E-state index in [-0.39, 0.29) is 0 Å². The zero-order valence-corrected chi connectivity index (χ0v) is 7.20. The van der Waals surface area contributed by atoms with Crippen LogP contribution in [0.25, 0.3) is 0 Å². The molecule has 0 heterocycles. The molecular formula is CSTe2. The van der Waals surface area contributed by atoms with Gasteiger partial charge in [0, 0.05) is 0 Å². The second kappa shape index (κ2) is 2.88. The third-order valence-electron chi connectivity index (χ3n) is 0. The average Bonchev–Trinajstić information content (AvgIpc) is 0.811. The van der Waals surface area contributed by atoms with Gasteiger partial charge in [-0.15, -0.1) is 0 Å². The molecule has 0 aromatic carbocycles. The Bertz CT molecular complexity index is 29.0. The van der Waals surface area contributed by atoms with Gasteiger partial charge in [0.15, 0.2) is 0 Å². The first-order valence-corrected chi connectivity index (χ1v) is 3.35. The van der Waals surface area contributed by atoms with Crippen LogP contribution in [0.4, 0.5) is 0 Å². The van der Waals surface area contributed by atoms with Crippen LogP contribution in [0.1, 0.15) is 0 Å². The van der Waals surface area contributed by atoms with Crippen molar-refractivity contribution in [1.29, 1.82) is 0 Å². The molecule has 22 valence electrons. The predicted octanol–water partition coefficient (Wildman–Crippen LogP) is -0.392. The molecule has 0 amide bonds. The van der Waals surface area contributed by atoms with Crippen molar-refractivity contribution in [2.24, 2.45) is 0 Å². The topological polar surface area (TPSA) is 0 Å². The summed E-state index contributed by atoms with van der Waals surface area (Å²) in [5.41, 5.74) is 0. The van der Waals surface area contributed by atoms with Crippen molar-refractivity contribution in [2.45, 2.75) is 0 Å². The summed E-state index contributed by atoms with van der Waals surface area (Å²) in [6.07, 6.45) is 0.